The highest BCUT2D eigenvalue weighted by Crippen LogP contribution is 2.30. The van der Waals surface area contributed by atoms with E-state index in [1.807, 2.05) is 30.3 Å². The number of nitrogens with zero attached hydrogens (tertiary/aromatic N) is 1. The number of nitrogens with two attached hydrogens (primary N) is 1. The lowest BCUT2D eigenvalue weighted by Crippen LogP contribution is -2.47. The maximum absolute atomic E-state index is 11.6. The summed E-state index contributed by atoms with van der Waals surface area (Å²) in [6, 6.07) is 11.4. The van der Waals surface area contributed by atoms with Gasteiger partial charge in [0.2, 0.25) is 5.91 Å². The van der Waals surface area contributed by atoms with Crippen LogP contribution in [0.5, 0.6) is 5.75 Å². The fraction of sp³-hybridized carbons (Fsp3) is 0.353. The number of hydrogen-bond acceptors (Lipinski definition) is 3. The number of amides is 1. The average Bonchev–Trinajstić information content (AvgIpc) is 2.50. The number of carbonyl (C=O) groups is 1. The Hall–Kier alpha value is -2.07. The lowest BCUT2D eigenvalue weighted by atomic mass is 9.98. The normalized spacial score (nSPS) is 19.7. The topological polar surface area (TPSA) is 66.6 Å². The van der Waals surface area contributed by atoms with E-state index >= 15 is 0 Å². The number of benzene rings is 2. The fourth-order valence-corrected chi connectivity index (χ4v) is 3.20. The molecule has 1 saturated heterocycles. The highest BCUT2D eigenvalue weighted by atomic mass is 16.3. The highest BCUT2D eigenvalue weighted by Gasteiger charge is 2.27. The second-order valence-corrected chi connectivity index (χ2v) is 5.67. The van der Waals surface area contributed by atoms with Crippen molar-refractivity contribution in [1.29, 1.82) is 0 Å². The minimum absolute atomic E-state index is 0.225. The van der Waals surface area contributed by atoms with Crippen molar-refractivity contribution >= 4 is 16.7 Å². The van der Waals surface area contributed by atoms with Crippen molar-refractivity contribution in [2.24, 2.45) is 5.73 Å². The first kappa shape index (κ1) is 13.9. The van der Waals surface area contributed by atoms with Crippen molar-refractivity contribution in [1.82, 2.24) is 4.90 Å². The van der Waals surface area contributed by atoms with Gasteiger partial charge in [0, 0.05) is 12.1 Å². The van der Waals surface area contributed by atoms with Crippen LogP contribution in [0.2, 0.25) is 0 Å². The second kappa shape index (κ2) is 5.74. The lowest BCUT2D eigenvalue weighted by molar-refractivity contribution is -0.124. The van der Waals surface area contributed by atoms with Gasteiger partial charge in [0.05, 0.1) is 6.04 Å². The van der Waals surface area contributed by atoms with Gasteiger partial charge in [-0.05, 0) is 36.2 Å². The zero-order chi connectivity index (χ0) is 14.8. The summed E-state index contributed by atoms with van der Waals surface area (Å²) in [5, 5.41) is 12.4. The van der Waals surface area contributed by atoms with E-state index in [0.717, 1.165) is 42.1 Å². The van der Waals surface area contributed by atoms with Gasteiger partial charge in [-0.15, -0.1) is 0 Å². The van der Waals surface area contributed by atoms with E-state index in [1.165, 1.54) is 0 Å². The molecule has 0 radical (unpaired) electrons. The number of likely N-dealkylation sites (tertiary alicyclic amines) is 1. The molecule has 110 valence electrons. The van der Waals surface area contributed by atoms with Gasteiger partial charge in [0.1, 0.15) is 5.75 Å². The molecule has 0 unspecified atom stereocenters. The number of hydrogen-bond donors (Lipinski definition) is 2. The first-order chi connectivity index (χ1) is 10.2. The molecule has 0 bridgehead atoms. The van der Waals surface area contributed by atoms with Crippen LogP contribution in [-0.4, -0.2) is 28.5 Å². The molecule has 4 heteroatoms. The molecule has 1 heterocycles. The van der Waals surface area contributed by atoms with Gasteiger partial charge in [0.15, 0.2) is 0 Å². The van der Waals surface area contributed by atoms with Crippen LogP contribution < -0.4 is 5.73 Å². The van der Waals surface area contributed by atoms with E-state index in [-0.39, 0.29) is 17.7 Å². The number of phenols is 1. The first-order valence-corrected chi connectivity index (χ1v) is 7.40. The summed E-state index contributed by atoms with van der Waals surface area (Å²) in [6.07, 6.45) is 2.90. The molecule has 4 nitrogen and oxygen atoms in total. The van der Waals surface area contributed by atoms with Crippen LogP contribution in [0.3, 0.4) is 0 Å². The zero-order valence-corrected chi connectivity index (χ0v) is 12.0. The van der Waals surface area contributed by atoms with Gasteiger partial charge in [-0.25, -0.2) is 0 Å². The molecule has 0 saturated carbocycles. The summed E-state index contributed by atoms with van der Waals surface area (Å²) in [7, 11) is 0. The molecule has 1 aliphatic rings. The molecule has 1 amide bonds. The van der Waals surface area contributed by atoms with Crippen molar-refractivity contribution in [2.45, 2.75) is 31.8 Å². The molecule has 3 rings (SSSR count). The zero-order valence-electron chi connectivity index (χ0n) is 12.0. The molecule has 3 N–H and O–H groups in total. The smallest absolute Gasteiger partial charge is 0.234 e. The second-order valence-electron chi connectivity index (χ2n) is 5.67. The fourth-order valence-electron chi connectivity index (χ4n) is 3.20. The van der Waals surface area contributed by atoms with Crippen LogP contribution in [0.15, 0.2) is 36.4 Å². The van der Waals surface area contributed by atoms with E-state index in [2.05, 4.69) is 4.90 Å². The summed E-state index contributed by atoms with van der Waals surface area (Å²) in [5.74, 6) is 0.0110. The molecule has 1 fully saturated rings. The summed E-state index contributed by atoms with van der Waals surface area (Å²) < 4.78 is 0. The summed E-state index contributed by atoms with van der Waals surface area (Å²) in [4.78, 5) is 13.7. The maximum atomic E-state index is 11.6. The minimum Gasteiger partial charge on any atom is -0.508 e. The maximum Gasteiger partial charge on any atom is 0.234 e. The monoisotopic (exact) mass is 284 g/mol. The van der Waals surface area contributed by atoms with Crippen molar-refractivity contribution in [2.75, 3.05) is 6.54 Å². The Balaban J connectivity index is 1.97. The predicted octanol–water partition coefficient (Wildman–Crippen LogP) is 2.39. The van der Waals surface area contributed by atoms with Crippen LogP contribution in [-0.2, 0) is 11.3 Å². The Morgan fingerprint density at radius 2 is 2.05 bits per heavy atom. The minimum atomic E-state index is -0.269. The van der Waals surface area contributed by atoms with Gasteiger partial charge in [-0.2, -0.15) is 0 Å². The molecule has 1 aliphatic heterocycles. The van der Waals surface area contributed by atoms with Gasteiger partial charge < -0.3 is 10.8 Å². The number of primary amides is 1. The van der Waals surface area contributed by atoms with Gasteiger partial charge in [-0.1, -0.05) is 36.8 Å². The molecule has 1 atom stereocenters. The molecule has 21 heavy (non-hydrogen) atoms. The number of carbonyl (C=O) groups excluding carboxylic acids is 1. The Morgan fingerprint density at radius 3 is 2.86 bits per heavy atom. The summed E-state index contributed by atoms with van der Waals surface area (Å²) in [6.45, 7) is 1.40. The average molecular weight is 284 g/mol. The molecule has 0 aromatic heterocycles. The van der Waals surface area contributed by atoms with Crippen molar-refractivity contribution in [3.63, 3.8) is 0 Å². The van der Waals surface area contributed by atoms with Gasteiger partial charge in [0.25, 0.3) is 0 Å². The quantitative estimate of drug-likeness (QED) is 0.909. The van der Waals surface area contributed by atoms with Gasteiger partial charge >= 0.3 is 0 Å². The summed E-state index contributed by atoms with van der Waals surface area (Å²) >= 11 is 0. The number of phenolic OH excluding ortho intramolecular Hbond substituents is 1. The number of aromatic hydroxyl groups is 1. The third-order valence-electron chi connectivity index (χ3n) is 4.32. The number of fused-ring (bicyclic) bond motifs is 1. The van der Waals surface area contributed by atoms with E-state index in [4.69, 9.17) is 5.73 Å². The van der Waals surface area contributed by atoms with E-state index in [9.17, 15) is 9.90 Å². The number of rotatable bonds is 3. The molecule has 0 aliphatic carbocycles. The SMILES string of the molecule is NC(=O)[C@H]1CCCCN1Cc1c(O)ccc2ccccc12. The molecular formula is C17H20N2O2. The van der Waals surface area contributed by atoms with E-state index < -0.39 is 0 Å². The third-order valence-corrected chi connectivity index (χ3v) is 4.32. The molecule has 2 aromatic rings. The standard InChI is InChI=1S/C17H20N2O2/c18-17(21)15-7-3-4-10-19(15)11-14-13-6-2-1-5-12(13)8-9-16(14)20/h1-2,5-6,8-9,15,20H,3-4,7,10-11H2,(H2,18,21)/t15-/m1/s1. The lowest BCUT2D eigenvalue weighted by Gasteiger charge is -2.34. The largest absolute Gasteiger partial charge is 0.508 e. The Labute approximate surface area is 124 Å². The third kappa shape index (κ3) is 2.72. The van der Waals surface area contributed by atoms with Crippen molar-refractivity contribution in [3.8, 4) is 5.75 Å². The molecule has 2 aromatic carbocycles. The van der Waals surface area contributed by atoms with Crippen LogP contribution in [0.4, 0.5) is 0 Å². The predicted molar refractivity (Wildman–Crippen MR) is 82.9 cm³/mol. The van der Waals surface area contributed by atoms with Crippen LogP contribution >= 0.6 is 0 Å². The van der Waals surface area contributed by atoms with Crippen LogP contribution in [0.25, 0.3) is 10.8 Å². The summed E-state index contributed by atoms with van der Waals surface area (Å²) in [5.41, 5.74) is 6.39. The van der Waals surface area contributed by atoms with Gasteiger partial charge in [-0.3, -0.25) is 9.69 Å². The Kier molecular flexibility index (Phi) is 3.80. The van der Waals surface area contributed by atoms with Crippen LogP contribution in [0, 0.1) is 0 Å². The first-order valence-electron chi connectivity index (χ1n) is 7.40. The van der Waals surface area contributed by atoms with Crippen LogP contribution in [0.1, 0.15) is 24.8 Å². The Bertz CT molecular complexity index is 669. The Morgan fingerprint density at radius 1 is 1.24 bits per heavy atom. The number of piperidine rings is 1. The molecule has 0 spiro atoms. The highest BCUT2D eigenvalue weighted by molar-refractivity contribution is 5.87. The van der Waals surface area contributed by atoms with E-state index in [0.29, 0.717) is 6.54 Å². The van der Waals surface area contributed by atoms with Crippen molar-refractivity contribution in [3.05, 3.63) is 42.0 Å². The van der Waals surface area contributed by atoms with Crippen molar-refractivity contribution < 1.29 is 9.90 Å². The molecular weight excluding hydrogens is 264 g/mol. The van der Waals surface area contributed by atoms with E-state index in [1.54, 1.807) is 6.07 Å².